The van der Waals surface area contributed by atoms with Crippen molar-refractivity contribution < 1.29 is 0 Å². The van der Waals surface area contributed by atoms with Crippen molar-refractivity contribution in [3.63, 3.8) is 0 Å². The van der Waals surface area contributed by atoms with Gasteiger partial charge in [0, 0.05) is 42.3 Å². The summed E-state index contributed by atoms with van der Waals surface area (Å²) in [5, 5.41) is 5.68. The van der Waals surface area contributed by atoms with Crippen LogP contribution in [0.25, 0.3) is 0 Å². The van der Waals surface area contributed by atoms with E-state index in [1.54, 1.807) is 0 Å². The molecule has 3 nitrogen and oxygen atoms in total. The molecule has 0 aliphatic heterocycles. The van der Waals surface area contributed by atoms with Gasteiger partial charge in [-0.2, -0.15) is 0 Å². The Morgan fingerprint density at radius 3 is 2.89 bits per heavy atom. The fourth-order valence-electron chi connectivity index (χ4n) is 1.99. The van der Waals surface area contributed by atoms with Gasteiger partial charge in [0.1, 0.15) is 5.82 Å². The van der Waals surface area contributed by atoms with E-state index in [1.807, 2.05) is 30.7 Å². The van der Waals surface area contributed by atoms with Crippen LogP contribution in [0.1, 0.15) is 24.5 Å². The molecule has 0 radical (unpaired) electrons. The lowest BCUT2D eigenvalue weighted by Crippen LogP contribution is -2.34. The van der Waals surface area contributed by atoms with E-state index in [1.165, 1.54) is 4.88 Å². The molecule has 4 heteroatoms. The molecule has 0 saturated heterocycles. The fraction of sp³-hybridized carbons (Fsp3) is 0.500. The zero-order valence-electron chi connectivity index (χ0n) is 11.3. The van der Waals surface area contributed by atoms with Crippen LogP contribution in [0.2, 0.25) is 0 Å². The van der Waals surface area contributed by atoms with E-state index in [-0.39, 0.29) is 5.41 Å². The Morgan fingerprint density at radius 1 is 1.44 bits per heavy atom. The summed E-state index contributed by atoms with van der Waals surface area (Å²) < 4.78 is 2.17. The Morgan fingerprint density at radius 2 is 2.28 bits per heavy atom. The van der Waals surface area contributed by atoms with Gasteiger partial charge in [-0.3, -0.25) is 0 Å². The minimum absolute atomic E-state index is 0.206. The molecule has 0 spiro atoms. The number of thiophene rings is 1. The average Bonchev–Trinajstić information content (AvgIpc) is 2.96. The summed E-state index contributed by atoms with van der Waals surface area (Å²) in [5.41, 5.74) is 0.206. The van der Waals surface area contributed by atoms with Crippen molar-refractivity contribution in [2.45, 2.75) is 32.7 Å². The molecule has 0 saturated carbocycles. The highest BCUT2D eigenvalue weighted by atomic mass is 32.1. The van der Waals surface area contributed by atoms with Crippen molar-refractivity contribution >= 4 is 11.3 Å². The molecule has 2 heterocycles. The zero-order chi connectivity index (χ0) is 13.0. The van der Waals surface area contributed by atoms with Gasteiger partial charge < -0.3 is 9.88 Å². The smallest absolute Gasteiger partial charge is 0.105 e. The van der Waals surface area contributed by atoms with Gasteiger partial charge in [-0.05, 0) is 18.4 Å². The van der Waals surface area contributed by atoms with Crippen molar-refractivity contribution in [3.8, 4) is 0 Å². The molecule has 0 bridgehead atoms. The minimum atomic E-state index is 0.206. The summed E-state index contributed by atoms with van der Waals surface area (Å²) in [6, 6.07) is 4.34. The van der Waals surface area contributed by atoms with Gasteiger partial charge >= 0.3 is 0 Å². The lowest BCUT2D eigenvalue weighted by molar-refractivity contribution is 0.463. The second kappa shape index (κ2) is 5.67. The van der Waals surface area contributed by atoms with E-state index in [4.69, 9.17) is 0 Å². The number of hydrogen-bond acceptors (Lipinski definition) is 3. The molecule has 0 aromatic carbocycles. The Bertz CT molecular complexity index is 471. The quantitative estimate of drug-likeness (QED) is 0.812. The maximum Gasteiger partial charge on any atom is 0.105 e. The molecular formula is C14H21N3S. The number of nitrogens with zero attached hydrogens (tertiary/aromatic N) is 2. The zero-order valence-corrected chi connectivity index (χ0v) is 12.1. The number of aromatic nitrogens is 2. The lowest BCUT2D eigenvalue weighted by atomic mass is 9.91. The molecular weight excluding hydrogens is 242 g/mol. The predicted molar refractivity (Wildman–Crippen MR) is 77.2 cm³/mol. The normalized spacial score (nSPS) is 11.9. The molecule has 0 aliphatic rings. The van der Waals surface area contributed by atoms with E-state index in [0.29, 0.717) is 0 Å². The Kier molecular flexibility index (Phi) is 4.19. The van der Waals surface area contributed by atoms with Crippen LogP contribution in [0, 0.1) is 6.92 Å². The van der Waals surface area contributed by atoms with Gasteiger partial charge in [0.05, 0.1) is 0 Å². The highest BCUT2D eigenvalue weighted by Gasteiger charge is 2.20. The number of rotatable bonds is 6. The van der Waals surface area contributed by atoms with Gasteiger partial charge in [-0.15, -0.1) is 11.3 Å². The standard InChI is InChI=1S/C14H21N3S/c1-12-16-7-9-17(12)8-6-15-11-14(2,3)13-5-4-10-18-13/h4-5,7,9-10,15H,6,8,11H2,1-3H3. The molecule has 2 aromatic heterocycles. The first kappa shape index (κ1) is 13.3. The van der Waals surface area contributed by atoms with Gasteiger partial charge in [0.2, 0.25) is 0 Å². The molecule has 1 N–H and O–H groups in total. The third-order valence-electron chi connectivity index (χ3n) is 3.21. The summed E-state index contributed by atoms with van der Waals surface area (Å²) in [6.45, 7) is 9.57. The summed E-state index contributed by atoms with van der Waals surface area (Å²) in [5.74, 6) is 1.08. The van der Waals surface area contributed by atoms with Crippen LogP contribution < -0.4 is 5.32 Å². The Labute approximate surface area is 113 Å². The first-order valence-electron chi connectivity index (χ1n) is 6.32. The molecule has 0 aliphatic carbocycles. The van der Waals surface area contributed by atoms with Crippen LogP contribution in [0.3, 0.4) is 0 Å². The monoisotopic (exact) mass is 263 g/mol. The van der Waals surface area contributed by atoms with E-state index >= 15 is 0 Å². The first-order chi connectivity index (χ1) is 8.59. The fourth-order valence-corrected chi connectivity index (χ4v) is 2.84. The van der Waals surface area contributed by atoms with Crippen molar-refractivity contribution in [1.82, 2.24) is 14.9 Å². The van der Waals surface area contributed by atoms with Gasteiger partial charge in [0.15, 0.2) is 0 Å². The van der Waals surface area contributed by atoms with Gasteiger partial charge in [0.25, 0.3) is 0 Å². The maximum atomic E-state index is 4.22. The number of aryl methyl sites for hydroxylation is 1. The molecule has 2 aromatic rings. The molecule has 0 fully saturated rings. The summed E-state index contributed by atoms with van der Waals surface area (Å²) >= 11 is 1.83. The highest BCUT2D eigenvalue weighted by Crippen LogP contribution is 2.26. The molecule has 0 atom stereocenters. The molecule has 98 valence electrons. The molecule has 0 amide bonds. The first-order valence-corrected chi connectivity index (χ1v) is 7.20. The second-order valence-corrected chi connectivity index (χ2v) is 6.15. The minimum Gasteiger partial charge on any atom is -0.334 e. The maximum absolute atomic E-state index is 4.22. The molecule has 0 unspecified atom stereocenters. The van der Waals surface area contributed by atoms with Crippen LogP contribution in [0.4, 0.5) is 0 Å². The van der Waals surface area contributed by atoms with E-state index < -0.39 is 0 Å². The van der Waals surface area contributed by atoms with Crippen molar-refractivity contribution in [2.24, 2.45) is 0 Å². The van der Waals surface area contributed by atoms with E-state index in [0.717, 1.165) is 25.5 Å². The Hall–Kier alpha value is -1.13. The van der Waals surface area contributed by atoms with Crippen LogP contribution in [-0.2, 0) is 12.0 Å². The molecule has 2 rings (SSSR count). The Balaban J connectivity index is 1.77. The predicted octanol–water partition coefficient (Wildman–Crippen LogP) is 2.82. The van der Waals surface area contributed by atoms with Gasteiger partial charge in [-0.25, -0.2) is 4.98 Å². The largest absolute Gasteiger partial charge is 0.334 e. The number of hydrogen-bond donors (Lipinski definition) is 1. The van der Waals surface area contributed by atoms with Crippen LogP contribution in [0.5, 0.6) is 0 Å². The van der Waals surface area contributed by atoms with Crippen LogP contribution >= 0.6 is 11.3 Å². The van der Waals surface area contributed by atoms with E-state index in [9.17, 15) is 0 Å². The number of nitrogens with one attached hydrogen (secondary N) is 1. The van der Waals surface area contributed by atoms with Crippen LogP contribution in [-0.4, -0.2) is 22.6 Å². The van der Waals surface area contributed by atoms with Crippen molar-refractivity contribution in [2.75, 3.05) is 13.1 Å². The van der Waals surface area contributed by atoms with Crippen molar-refractivity contribution in [1.29, 1.82) is 0 Å². The second-order valence-electron chi connectivity index (χ2n) is 5.21. The summed E-state index contributed by atoms with van der Waals surface area (Å²) in [6.07, 6.45) is 3.88. The highest BCUT2D eigenvalue weighted by molar-refractivity contribution is 7.10. The lowest BCUT2D eigenvalue weighted by Gasteiger charge is -2.23. The molecule has 18 heavy (non-hydrogen) atoms. The summed E-state index contributed by atoms with van der Waals surface area (Å²) in [4.78, 5) is 5.66. The van der Waals surface area contributed by atoms with Crippen LogP contribution in [0.15, 0.2) is 29.9 Å². The summed E-state index contributed by atoms with van der Waals surface area (Å²) in [7, 11) is 0. The van der Waals surface area contributed by atoms with Gasteiger partial charge in [-0.1, -0.05) is 19.9 Å². The topological polar surface area (TPSA) is 29.9 Å². The number of imidazole rings is 1. The average molecular weight is 263 g/mol. The SMILES string of the molecule is Cc1nccn1CCNCC(C)(C)c1cccs1. The van der Waals surface area contributed by atoms with E-state index in [2.05, 4.69) is 46.2 Å². The third kappa shape index (κ3) is 3.21. The van der Waals surface area contributed by atoms with Crippen molar-refractivity contribution in [3.05, 3.63) is 40.6 Å². The third-order valence-corrected chi connectivity index (χ3v) is 4.44.